The normalized spacial score (nSPS) is 13.3. The van der Waals surface area contributed by atoms with Gasteiger partial charge < -0.3 is 4.42 Å². The average molecular weight is 523 g/mol. The second-order valence-electron chi connectivity index (χ2n) is 11.1. The quantitative estimate of drug-likeness (QED) is 0.163. The summed E-state index contributed by atoms with van der Waals surface area (Å²) in [6.45, 7) is 0. The Morgan fingerprint density at radius 3 is 1.71 bits per heavy atom. The van der Waals surface area contributed by atoms with Crippen LogP contribution in [0.5, 0.6) is 0 Å². The second kappa shape index (κ2) is 8.68. The molecule has 1 aromatic heterocycles. The fourth-order valence-corrected chi connectivity index (χ4v) is 7.21. The van der Waals surface area contributed by atoms with Crippen molar-refractivity contribution in [1.82, 2.24) is 0 Å². The van der Waals surface area contributed by atoms with Crippen LogP contribution in [-0.4, -0.2) is 0 Å². The second-order valence-corrected chi connectivity index (χ2v) is 11.1. The lowest BCUT2D eigenvalue weighted by atomic mass is 9.82. The fraction of sp³-hybridized carbons (Fsp3) is 0.0500. The van der Waals surface area contributed by atoms with E-state index in [1.54, 1.807) is 0 Å². The van der Waals surface area contributed by atoms with E-state index in [2.05, 4.69) is 133 Å². The largest absolute Gasteiger partial charge is 0.456 e. The summed E-state index contributed by atoms with van der Waals surface area (Å²) in [6.07, 6.45) is 4.31. The van der Waals surface area contributed by atoms with E-state index in [1.165, 1.54) is 76.0 Å². The maximum atomic E-state index is 6.61. The number of para-hydroxylation sites is 1. The molecule has 1 aliphatic rings. The van der Waals surface area contributed by atoms with Gasteiger partial charge in [-0.1, -0.05) is 121 Å². The Morgan fingerprint density at radius 2 is 1.00 bits per heavy atom. The summed E-state index contributed by atoms with van der Waals surface area (Å²) in [5.41, 5.74) is 7.18. The molecule has 0 saturated carbocycles. The first kappa shape index (κ1) is 22.7. The minimum absolute atomic E-state index is 0.957. The van der Waals surface area contributed by atoms with Crippen LogP contribution in [0.4, 0.5) is 0 Å². The van der Waals surface area contributed by atoms with Crippen molar-refractivity contribution in [1.29, 1.82) is 0 Å². The number of fused-ring (bicyclic) bond motifs is 8. The minimum Gasteiger partial charge on any atom is -0.456 e. The zero-order chi connectivity index (χ0) is 26.9. The summed E-state index contributed by atoms with van der Waals surface area (Å²) in [4.78, 5) is 0. The van der Waals surface area contributed by atoms with Crippen LogP contribution < -0.4 is 10.6 Å². The van der Waals surface area contributed by atoms with Crippen LogP contribution in [0.1, 0.15) is 18.4 Å². The summed E-state index contributed by atoms with van der Waals surface area (Å²) in [5, 5.41) is 12.7. The molecule has 0 bridgehead atoms. The first-order chi connectivity index (χ1) is 20.4. The highest BCUT2D eigenvalue weighted by Crippen LogP contribution is 2.45. The maximum Gasteiger partial charge on any atom is 0.138 e. The highest BCUT2D eigenvalue weighted by atomic mass is 16.3. The van der Waals surface area contributed by atoms with Gasteiger partial charge in [-0.25, -0.2) is 0 Å². The molecular weight excluding hydrogens is 496 g/mol. The van der Waals surface area contributed by atoms with Crippen LogP contribution in [0.3, 0.4) is 0 Å². The zero-order valence-corrected chi connectivity index (χ0v) is 22.5. The molecule has 0 spiro atoms. The van der Waals surface area contributed by atoms with E-state index in [9.17, 15) is 0 Å². The third-order valence-corrected chi connectivity index (χ3v) is 8.92. The molecule has 7 aromatic carbocycles. The van der Waals surface area contributed by atoms with E-state index in [0.29, 0.717) is 0 Å². The van der Waals surface area contributed by atoms with Crippen molar-refractivity contribution in [3.05, 3.63) is 144 Å². The van der Waals surface area contributed by atoms with Crippen molar-refractivity contribution in [2.24, 2.45) is 0 Å². The average Bonchev–Trinajstić information content (AvgIpc) is 3.43. The number of hydrogen-bond acceptors (Lipinski definition) is 1. The minimum atomic E-state index is 0.957. The Labute approximate surface area is 237 Å². The first-order valence-electron chi connectivity index (χ1n) is 14.4. The molecule has 0 N–H and O–H groups in total. The molecule has 1 aliphatic carbocycles. The topological polar surface area (TPSA) is 13.1 Å². The molecule has 0 unspecified atom stereocenters. The molecule has 0 atom stereocenters. The van der Waals surface area contributed by atoms with E-state index >= 15 is 0 Å². The van der Waals surface area contributed by atoms with Crippen molar-refractivity contribution in [3.8, 4) is 11.1 Å². The predicted molar refractivity (Wildman–Crippen MR) is 174 cm³/mol. The molecule has 1 nitrogen and oxygen atoms in total. The molecule has 0 aliphatic heterocycles. The Kier molecular flexibility index (Phi) is 4.80. The molecular formula is C40H26O. The lowest BCUT2D eigenvalue weighted by Crippen LogP contribution is -2.26. The van der Waals surface area contributed by atoms with E-state index in [4.69, 9.17) is 4.42 Å². The molecule has 0 saturated heterocycles. The van der Waals surface area contributed by atoms with Gasteiger partial charge in [-0.3, -0.25) is 0 Å². The van der Waals surface area contributed by atoms with Gasteiger partial charge in [0.2, 0.25) is 0 Å². The van der Waals surface area contributed by atoms with Crippen LogP contribution in [-0.2, 0) is 0 Å². The van der Waals surface area contributed by atoms with Gasteiger partial charge in [0.25, 0.3) is 0 Å². The van der Waals surface area contributed by atoms with Crippen LogP contribution in [0.15, 0.2) is 132 Å². The van der Waals surface area contributed by atoms with Crippen LogP contribution in [0.2, 0.25) is 0 Å². The highest BCUT2D eigenvalue weighted by Gasteiger charge is 2.22. The molecule has 1 heteroatoms. The lowest BCUT2D eigenvalue weighted by molar-refractivity contribution is 0.568. The Hall–Kier alpha value is -5.14. The van der Waals surface area contributed by atoms with Crippen molar-refractivity contribution in [2.45, 2.75) is 12.8 Å². The number of hydrogen-bond donors (Lipinski definition) is 0. The molecule has 0 radical (unpaired) electrons. The summed E-state index contributed by atoms with van der Waals surface area (Å²) < 4.78 is 6.61. The van der Waals surface area contributed by atoms with Gasteiger partial charge in [-0.05, 0) is 84.8 Å². The van der Waals surface area contributed by atoms with Gasteiger partial charge in [0.15, 0.2) is 0 Å². The van der Waals surface area contributed by atoms with Gasteiger partial charge >= 0.3 is 0 Å². The molecule has 41 heavy (non-hydrogen) atoms. The van der Waals surface area contributed by atoms with Crippen LogP contribution in [0.25, 0.3) is 76.8 Å². The molecule has 0 amide bonds. The monoisotopic (exact) mass is 522 g/mol. The van der Waals surface area contributed by atoms with Crippen molar-refractivity contribution < 1.29 is 4.42 Å². The standard InChI is InChI=1S/C40H26O/c1-2-13-26-25(12-1)24-36(28-15-4-3-14-27(26)28)39-32-19-7-5-17-30(32)38(31-18-6-8-20-33(31)39)35-22-11-21-34-29-16-9-10-23-37(29)41-40(34)35/h1-10,12-21,23-24H,11,22H2. The van der Waals surface area contributed by atoms with E-state index in [0.717, 1.165) is 23.8 Å². The lowest BCUT2D eigenvalue weighted by Gasteiger charge is -2.21. The molecule has 9 rings (SSSR count). The number of benzene rings is 7. The van der Waals surface area contributed by atoms with Crippen LogP contribution in [0, 0.1) is 0 Å². The maximum absolute atomic E-state index is 6.61. The Balaban J connectivity index is 1.48. The van der Waals surface area contributed by atoms with Gasteiger partial charge in [0.1, 0.15) is 11.0 Å². The van der Waals surface area contributed by atoms with E-state index in [-0.39, 0.29) is 0 Å². The summed E-state index contributed by atoms with van der Waals surface area (Å²) in [6, 6.07) is 46.4. The van der Waals surface area contributed by atoms with Crippen LogP contribution >= 0.6 is 0 Å². The summed E-state index contributed by atoms with van der Waals surface area (Å²) >= 11 is 0. The smallest absolute Gasteiger partial charge is 0.138 e. The third-order valence-electron chi connectivity index (χ3n) is 8.92. The predicted octanol–water partition coefficient (Wildman–Crippen LogP) is 9.49. The molecule has 8 aromatic rings. The van der Waals surface area contributed by atoms with Crippen molar-refractivity contribution in [2.75, 3.05) is 0 Å². The Morgan fingerprint density at radius 1 is 0.463 bits per heavy atom. The number of furan rings is 1. The molecule has 192 valence electrons. The SMILES string of the molecule is C1=c2c(oc3ccccc23)=C(c2c3ccccc3c(-c3cc4ccccc4c4ccccc34)c3ccccc23)CC1. The molecule has 1 heterocycles. The summed E-state index contributed by atoms with van der Waals surface area (Å²) in [5.74, 6) is 0. The first-order valence-corrected chi connectivity index (χ1v) is 14.4. The zero-order valence-electron chi connectivity index (χ0n) is 22.5. The van der Waals surface area contributed by atoms with E-state index < -0.39 is 0 Å². The van der Waals surface area contributed by atoms with Gasteiger partial charge in [-0.2, -0.15) is 0 Å². The van der Waals surface area contributed by atoms with Crippen molar-refractivity contribution in [3.63, 3.8) is 0 Å². The third kappa shape index (κ3) is 3.24. The Bertz CT molecular complexity index is 2420. The fourth-order valence-electron chi connectivity index (χ4n) is 7.21. The highest BCUT2D eigenvalue weighted by molar-refractivity contribution is 6.24. The van der Waals surface area contributed by atoms with Gasteiger partial charge in [-0.15, -0.1) is 0 Å². The van der Waals surface area contributed by atoms with E-state index in [1.807, 2.05) is 0 Å². The van der Waals surface area contributed by atoms with Gasteiger partial charge in [0, 0.05) is 16.2 Å². The van der Waals surface area contributed by atoms with Gasteiger partial charge in [0.05, 0.1) is 0 Å². The number of rotatable bonds is 2. The van der Waals surface area contributed by atoms with Crippen molar-refractivity contribution >= 4 is 65.7 Å². The summed E-state index contributed by atoms with van der Waals surface area (Å²) in [7, 11) is 0. The molecule has 0 fully saturated rings.